The second-order valence-electron chi connectivity index (χ2n) is 10.2. The summed E-state index contributed by atoms with van der Waals surface area (Å²) in [6, 6.07) is 28.4. The van der Waals surface area contributed by atoms with Gasteiger partial charge in [-0.25, -0.2) is 9.78 Å². The van der Waals surface area contributed by atoms with E-state index in [9.17, 15) is 9.59 Å². The van der Waals surface area contributed by atoms with Gasteiger partial charge in [-0.2, -0.15) is 4.37 Å². The highest BCUT2D eigenvalue weighted by atomic mass is 32.1. The molecule has 6 rings (SSSR count). The number of H-pyrrole nitrogens is 1. The SMILES string of the molecule is O=C(CCN(Cc1ccccc1)c1nc(Cc2ccccc2)ns1)N1CCC(n2c(=O)[nH]c3ccccc32)CC1. The summed E-state index contributed by atoms with van der Waals surface area (Å²) in [4.78, 5) is 37.8. The molecule has 40 heavy (non-hydrogen) atoms. The zero-order valence-electron chi connectivity index (χ0n) is 22.3. The Hall–Kier alpha value is -4.24. The van der Waals surface area contributed by atoms with Crippen LogP contribution in [0, 0.1) is 0 Å². The van der Waals surface area contributed by atoms with E-state index in [4.69, 9.17) is 4.98 Å². The number of rotatable bonds is 9. The maximum atomic E-state index is 13.3. The van der Waals surface area contributed by atoms with Crippen LogP contribution in [0.25, 0.3) is 11.0 Å². The molecule has 0 spiro atoms. The average Bonchev–Trinajstić information content (AvgIpc) is 3.59. The van der Waals surface area contributed by atoms with Crippen molar-refractivity contribution in [2.45, 2.75) is 38.3 Å². The lowest BCUT2D eigenvalue weighted by Gasteiger charge is -2.33. The average molecular weight is 553 g/mol. The van der Waals surface area contributed by atoms with Gasteiger partial charge in [-0.3, -0.25) is 9.36 Å². The largest absolute Gasteiger partial charge is 0.342 e. The maximum Gasteiger partial charge on any atom is 0.326 e. The summed E-state index contributed by atoms with van der Waals surface area (Å²) in [6.45, 7) is 2.53. The molecule has 2 aromatic heterocycles. The number of carbonyl (C=O) groups is 1. The third-order valence-electron chi connectivity index (χ3n) is 7.55. The van der Waals surface area contributed by atoms with Crippen LogP contribution in [-0.2, 0) is 17.8 Å². The fourth-order valence-electron chi connectivity index (χ4n) is 5.47. The molecule has 1 aliphatic heterocycles. The highest BCUT2D eigenvalue weighted by Gasteiger charge is 2.26. The van der Waals surface area contributed by atoms with Gasteiger partial charge >= 0.3 is 5.69 Å². The molecule has 5 aromatic rings. The normalized spacial score (nSPS) is 14.1. The Morgan fingerprint density at radius 1 is 0.925 bits per heavy atom. The van der Waals surface area contributed by atoms with E-state index in [0.29, 0.717) is 39.0 Å². The van der Waals surface area contributed by atoms with Crippen LogP contribution >= 0.6 is 11.5 Å². The lowest BCUT2D eigenvalue weighted by Crippen LogP contribution is -2.41. The maximum absolute atomic E-state index is 13.3. The summed E-state index contributed by atoms with van der Waals surface area (Å²) in [6.07, 6.45) is 2.61. The first-order valence-corrected chi connectivity index (χ1v) is 14.5. The molecule has 1 amide bonds. The first-order valence-electron chi connectivity index (χ1n) is 13.8. The summed E-state index contributed by atoms with van der Waals surface area (Å²) in [5.41, 5.74) is 4.05. The second kappa shape index (κ2) is 11.9. The van der Waals surface area contributed by atoms with Gasteiger partial charge in [0.2, 0.25) is 11.0 Å². The standard InChI is InChI=1S/C31H32N6O2S/c38-29(35-18-15-25(16-19-35)37-27-14-8-7-13-26(27)32-30(37)39)17-20-36(22-24-11-5-2-6-12-24)31-33-28(34-40-31)21-23-9-3-1-4-10-23/h1-14,25H,15-22H2,(H,32,39). The minimum atomic E-state index is -0.0776. The quantitative estimate of drug-likeness (QED) is 0.277. The fraction of sp³-hybridized carbons (Fsp3) is 0.290. The second-order valence-corrected chi connectivity index (χ2v) is 11.0. The first-order chi connectivity index (χ1) is 19.6. The van der Waals surface area contributed by atoms with E-state index in [1.807, 2.05) is 70.1 Å². The van der Waals surface area contributed by atoms with Crippen LogP contribution < -0.4 is 10.6 Å². The molecule has 1 fully saturated rings. The van der Waals surface area contributed by atoms with Crippen LogP contribution in [0.5, 0.6) is 0 Å². The van der Waals surface area contributed by atoms with Gasteiger partial charge in [0.25, 0.3) is 0 Å². The predicted octanol–water partition coefficient (Wildman–Crippen LogP) is 5.03. The van der Waals surface area contributed by atoms with Gasteiger partial charge in [-0.05, 0) is 36.1 Å². The highest BCUT2D eigenvalue weighted by Crippen LogP contribution is 2.26. The summed E-state index contributed by atoms with van der Waals surface area (Å²) in [5.74, 6) is 0.932. The molecule has 0 unspecified atom stereocenters. The van der Waals surface area contributed by atoms with Crippen LogP contribution in [0.4, 0.5) is 5.13 Å². The lowest BCUT2D eigenvalue weighted by atomic mass is 10.0. The number of hydrogen-bond acceptors (Lipinski definition) is 6. The Kier molecular flexibility index (Phi) is 7.72. The van der Waals surface area contributed by atoms with Gasteiger partial charge in [0.15, 0.2) is 0 Å². The van der Waals surface area contributed by atoms with Crippen LogP contribution in [0.15, 0.2) is 89.7 Å². The fourth-order valence-corrected chi connectivity index (χ4v) is 6.18. The number of para-hydroxylation sites is 2. The van der Waals surface area contributed by atoms with Crippen LogP contribution in [0.1, 0.15) is 42.3 Å². The molecule has 0 aliphatic carbocycles. The zero-order chi connectivity index (χ0) is 27.3. The third kappa shape index (κ3) is 5.84. The van der Waals surface area contributed by atoms with Crippen molar-refractivity contribution in [1.29, 1.82) is 0 Å². The monoisotopic (exact) mass is 552 g/mol. The van der Waals surface area contributed by atoms with Crippen LogP contribution in [0.3, 0.4) is 0 Å². The molecule has 1 aliphatic rings. The van der Waals surface area contributed by atoms with Crippen molar-refractivity contribution in [3.8, 4) is 0 Å². The Morgan fingerprint density at radius 2 is 1.60 bits per heavy atom. The van der Waals surface area contributed by atoms with Crippen molar-refractivity contribution in [3.05, 3.63) is 112 Å². The van der Waals surface area contributed by atoms with E-state index < -0.39 is 0 Å². The van der Waals surface area contributed by atoms with E-state index >= 15 is 0 Å². The van der Waals surface area contributed by atoms with E-state index in [2.05, 4.69) is 38.5 Å². The number of fused-ring (bicyclic) bond motifs is 1. The van der Waals surface area contributed by atoms with Gasteiger partial charge < -0.3 is 14.8 Å². The number of aromatic amines is 1. The topological polar surface area (TPSA) is 87.1 Å². The number of amides is 1. The molecule has 9 heteroatoms. The molecular weight excluding hydrogens is 520 g/mol. The number of aromatic nitrogens is 4. The number of anilines is 1. The lowest BCUT2D eigenvalue weighted by molar-refractivity contribution is -0.132. The Morgan fingerprint density at radius 3 is 2.35 bits per heavy atom. The van der Waals surface area contributed by atoms with Gasteiger partial charge in [0.05, 0.1) is 11.0 Å². The summed E-state index contributed by atoms with van der Waals surface area (Å²) in [5, 5.41) is 0.833. The minimum Gasteiger partial charge on any atom is -0.342 e. The Bertz CT molecular complexity index is 1620. The molecule has 3 heterocycles. The molecule has 0 saturated carbocycles. The van der Waals surface area contributed by atoms with Gasteiger partial charge in [-0.1, -0.05) is 72.8 Å². The van der Waals surface area contributed by atoms with Crippen molar-refractivity contribution >= 4 is 33.6 Å². The van der Waals surface area contributed by atoms with E-state index in [1.165, 1.54) is 22.7 Å². The Balaban J connectivity index is 1.10. The Labute approximate surface area is 237 Å². The molecule has 8 nitrogen and oxygen atoms in total. The molecule has 204 valence electrons. The number of piperidine rings is 1. The molecule has 3 aromatic carbocycles. The van der Waals surface area contributed by atoms with Crippen LogP contribution in [0.2, 0.25) is 0 Å². The van der Waals surface area contributed by atoms with Crippen molar-refractivity contribution < 1.29 is 4.79 Å². The predicted molar refractivity (Wildman–Crippen MR) is 159 cm³/mol. The summed E-state index contributed by atoms with van der Waals surface area (Å²) in [7, 11) is 0. The highest BCUT2D eigenvalue weighted by molar-refractivity contribution is 7.09. The van der Waals surface area contributed by atoms with E-state index in [1.54, 1.807) is 0 Å². The molecule has 1 saturated heterocycles. The molecule has 0 atom stereocenters. The van der Waals surface area contributed by atoms with Crippen molar-refractivity contribution in [2.75, 3.05) is 24.5 Å². The molecular formula is C31H32N6O2S. The van der Waals surface area contributed by atoms with Gasteiger partial charge in [-0.15, -0.1) is 0 Å². The number of benzene rings is 3. The smallest absolute Gasteiger partial charge is 0.326 e. The third-order valence-corrected chi connectivity index (χ3v) is 8.37. The molecule has 1 N–H and O–H groups in total. The van der Waals surface area contributed by atoms with E-state index in [-0.39, 0.29) is 17.6 Å². The van der Waals surface area contributed by atoms with Gasteiger partial charge in [0.1, 0.15) is 5.82 Å². The van der Waals surface area contributed by atoms with Gasteiger partial charge in [0, 0.05) is 56.6 Å². The van der Waals surface area contributed by atoms with Crippen molar-refractivity contribution in [1.82, 2.24) is 23.8 Å². The number of nitrogens with one attached hydrogen (secondary N) is 1. The first kappa shape index (κ1) is 26.0. The molecule has 0 radical (unpaired) electrons. The van der Waals surface area contributed by atoms with Crippen LogP contribution in [-0.4, -0.2) is 49.3 Å². The summed E-state index contributed by atoms with van der Waals surface area (Å²) >= 11 is 1.39. The number of likely N-dealkylation sites (tertiary alicyclic amines) is 1. The number of imidazole rings is 1. The van der Waals surface area contributed by atoms with Crippen molar-refractivity contribution in [3.63, 3.8) is 0 Å². The summed E-state index contributed by atoms with van der Waals surface area (Å²) < 4.78 is 6.48. The number of nitrogens with zero attached hydrogens (tertiary/aromatic N) is 5. The number of hydrogen-bond donors (Lipinski definition) is 1. The van der Waals surface area contributed by atoms with Crippen molar-refractivity contribution in [2.24, 2.45) is 0 Å². The number of carbonyl (C=O) groups excluding carboxylic acids is 1. The zero-order valence-corrected chi connectivity index (χ0v) is 23.1. The van der Waals surface area contributed by atoms with E-state index in [0.717, 1.165) is 34.8 Å². The molecule has 0 bridgehead atoms. The minimum absolute atomic E-state index is 0.0776.